The van der Waals surface area contributed by atoms with E-state index in [1.807, 2.05) is 54.5 Å². The highest BCUT2D eigenvalue weighted by atomic mass is 35.5. The van der Waals surface area contributed by atoms with Crippen LogP contribution in [0.2, 0.25) is 5.02 Å². The number of hydrogen-bond donors (Lipinski definition) is 2. The van der Waals surface area contributed by atoms with E-state index in [-0.39, 0.29) is 27.4 Å². The van der Waals surface area contributed by atoms with Crippen LogP contribution in [0.15, 0.2) is 29.2 Å². The van der Waals surface area contributed by atoms with Crippen LogP contribution in [0.5, 0.6) is 5.75 Å². The van der Waals surface area contributed by atoms with Crippen molar-refractivity contribution in [2.24, 2.45) is 0 Å². The number of aromatic hydroxyl groups is 1. The smallest absolute Gasteiger partial charge is 0.475 e. The molecule has 182 valence electrons. The number of phenols is 1. The molecule has 33 heavy (non-hydrogen) atoms. The first-order valence-corrected chi connectivity index (χ1v) is 11.9. The van der Waals surface area contributed by atoms with Crippen LogP contribution in [-0.4, -0.2) is 20.7 Å². The first kappa shape index (κ1) is 27.2. The highest BCUT2D eigenvalue weighted by molar-refractivity contribution is 7.86. The van der Waals surface area contributed by atoms with Crippen molar-refractivity contribution in [3.05, 3.63) is 51.5 Å². The van der Waals surface area contributed by atoms with Crippen LogP contribution in [0, 0.1) is 0 Å². The van der Waals surface area contributed by atoms with E-state index in [1.165, 1.54) is 6.07 Å². The lowest BCUT2D eigenvalue weighted by molar-refractivity contribution is -0.0384. The molecule has 9 heteroatoms. The Labute approximate surface area is 200 Å². The molecule has 0 bridgehead atoms. The first-order valence-electron chi connectivity index (χ1n) is 10.4. The number of nitrogens with one attached hydrogen (secondary N) is 1. The standard InChI is InChI=1S/C24H29ClF3NO3S/c1-8-14-15(22(2,3)4)12-16(23(5,6)7)20(30)19(14)21(31)29-18-10-9-13(11-17(18)25)33(32)24(26,27)28/h9-12,30H,8H2,1-7H3,(H,29,31). The molecule has 0 spiro atoms. The summed E-state index contributed by atoms with van der Waals surface area (Å²) in [6.45, 7) is 13.7. The van der Waals surface area contributed by atoms with Gasteiger partial charge in [0.25, 0.3) is 5.91 Å². The van der Waals surface area contributed by atoms with Gasteiger partial charge in [-0.1, -0.05) is 66.1 Å². The number of anilines is 1. The number of rotatable bonds is 4. The molecule has 2 rings (SSSR count). The number of benzene rings is 2. The van der Waals surface area contributed by atoms with Crippen molar-refractivity contribution in [2.45, 2.75) is 76.1 Å². The van der Waals surface area contributed by atoms with Crippen LogP contribution >= 0.6 is 11.6 Å². The normalized spacial score (nSPS) is 13.7. The third-order valence-electron chi connectivity index (χ3n) is 5.22. The molecule has 0 saturated heterocycles. The SMILES string of the molecule is CCc1c(C(C)(C)C)cc(C(C)(C)C)c(O)c1C(=O)Nc1ccc(S(=O)C(F)(F)F)cc1Cl. The van der Waals surface area contributed by atoms with Gasteiger partial charge in [-0.25, -0.2) is 4.21 Å². The highest BCUT2D eigenvalue weighted by Crippen LogP contribution is 2.41. The summed E-state index contributed by atoms with van der Waals surface area (Å²) in [4.78, 5) is 12.8. The van der Waals surface area contributed by atoms with Gasteiger partial charge in [0, 0.05) is 10.5 Å². The molecule has 1 unspecified atom stereocenters. The zero-order valence-electron chi connectivity index (χ0n) is 19.7. The molecule has 2 aromatic rings. The maximum absolute atomic E-state index is 13.3. The minimum absolute atomic E-state index is 0.0458. The zero-order valence-corrected chi connectivity index (χ0v) is 21.3. The maximum atomic E-state index is 13.3. The topological polar surface area (TPSA) is 66.4 Å². The van der Waals surface area contributed by atoms with Crippen molar-refractivity contribution in [2.75, 3.05) is 5.32 Å². The second-order valence-electron chi connectivity index (χ2n) is 9.84. The van der Waals surface area contributed by atoms with Gasteiger partial charge in [0.1, 0.15) is 5.75 Å². The number of alkyl halides is 3. The molecule has 0 radical (unpaired) electrons. The zero-order chi connectivity index (χ0) is 25.5. The third kappa shape index (κ3) is 5.90. The number of hydrogen-bond acceptors (Lipinski definition) is 3. The van der Waals surface area contributed by atoms with Gasteiger partial charge in [-0.05, 0) is 46.6 Å². The summed E-state index contributed by atoms with van der Waals surface area (Å²) in [5.74, 6) is -0.775. The van der Waals surface area contributed by atoms with Crippen LogP contribution < -0.4 is 5.32 Å². The molecule has 0 aromatic heterocycles. The number of carbonyl (C=O) groups is 1. The summed E-state index contributed by atoms with van der Waals surface area (Å²) >= 11 is 6.10. The van der Waals surface area contributed by atoms with Gasteiger partial charge in [-0.2, -0.15) is 13.2 Å². The third-order valence-corrected chi connectivity index (χ3v) is 6.63. The van der Waals surface area contributed by atoms with Crippen LogP contribution in [0.25, 0.3) is 0 Å². The van der Waals surface area contributed by atoms with Gasteiger partial charge < -0.3 is 10.4 Å². The Morgan fingerprint density at radius 3 is 2.00 bits per heavy atom. The largest absolute Gasteiger partial charge is 0.507 e. The van der Waals surface area contributed by atoms with E-state index >= 15 is 0 Å². The van der Waals surface area contributed by atoms with Crippen molar-refractivity contribution >= 4 is 34.0 Å². The molecule has 0 fully saturated rings. The monoisotopic (exact) mass is 503 g/mol. The van der Waals surface area contributed by atoms with E-state index in [0.29, 0.717) is 17.5 Å². The van der Waals surface area contributed by atoms with Gasteiger partial charge in [0.15, 0.2) is 10.8 Å². The predicted octanol–water partition coefficient (Wildman–Crippen LogP) is 7.08. The molecule has 4 nitrogen and oxygen atoms in total. The summed E-state index contributed by atoms with van der Waals surface area (Å²) in [6, 6.07) is 5.00. The molecule has 0 saturated carbocycles. The van der Waals surface area contributed by atoms with E-state index < -0.39 is 32.5 Å². The molecule has 0 aliphatic heterocycles. The lowest BCUT2D eigenvalue weighted by Gasteiger charge is -2.30. The molecular formula is C24H29ClF3NO3S. The lowest BCUT2D eigenvalue weighted by Crippen LogP contribution is -2.24. The van der Waals surface area contributed by atoms with Gasteiger partial charge >= 0.3 is 5.51 Å². The Hall–Kier alpha value is -2.06. The van der Waals surface area contributed by atoms with Crippen LogP contribution in [0.1, 0.15) is 75.5 Å². The summed E-state index contributed by atoms with van der Waals surface area (Å²) < 4.78 is 49.8. The Morgan fingerprint density at radius 1 is 1.03 bits per heavy atom. The van der Waals surface area contributed by atoms with E-state index in [2.05, 4.69) is 5.32 Å². The Bertz CT molecular complexity index is 1100. The number of phenolic OH excluding ortho intramolecular Hbond substituents is 1. The second kappa shape index (κ2) is 9.29. The van der Waals surface area contributed by atoms with E-state index in [9.17, 15) is 27.3 Å². The Kier molecular flexibility index (Phi) is 7.66. The number of carbonyl (C=O) groups excluding carboxylic acids is 1. The van der Waals surface area contributed by atoms with Crippen LogP contribution in [0.4, 0.5) is 18.9 Å². The van der Waals surface area contributed by atoms with Gasteiger partial charge in [-0.15, -0.1) is 0 Å². The summed E-state index contributed by atoms with van der Waals surface area (Å²) in [5, 5.41) is 13.5. The minimum atomic E-state index is -4.92. The summed E-state index contributed by atoms with van der Waals surface area (Å²) in [5.41, 5.74) is -3.33. The average Bonchev–Trinajstić information content (AvgIpc) is 2.65. The van der Waals surface area contributed by atoms with Crippen molar-refractivity contribution in [3.63, 3.8) is 0 Å². The van der Waals surface area contributed by atoms with Crippen molar-refractivity contribution < 1.29 is 27.3 Å². The van der Waals surface area contributed by atoms with Crippen LogP contribution in [0.3, 0.4) is 0 Å². The van der Waals surface area contributed by atoms with Crippen molar-refractivity contribution in [1.29, 1.82) is 0 Å². The fraction of sp³-hybridized carbons (Fsp3) is 0.458. The maximum Gasteiger partial charge on any atom is 0.475 e. The van der Waals surface area contributed by atoms with Crippen molar-refractivity contribution in [1.82, 2.24) is 0 Å². The fourth-order valence-corrected chi connectivity index (χ4v) is 4.57. The quantitative estimate of drug-likeness (QED) is 0.468. The molecule has 2 aromatic carbocycles. The van der Waals surface area contributed by atoms with Gasteiger partial charge in [0.05, 0.1) is 16.3 Å². The van der Waals surface area contributed by atoms with E-state index in [1.54, 1.807) is 0 Å². The molecule has 0 aliphatic rings. The van der Waals surface area contributed by atoms with Gasteiger partial charge in [-0.3, -0.25) is 4.79 Å². The average molecular weight is 504 g/mol. The molecule has 0 aliphatic carbocycles. The van der Waals surface area contributed by atoms with Gasteiger partial charge in [0.2, 0.25) is 0 Å². The van der Waals surface area contributed by atoms with E-state index in [4.69, 9.17) is 11.6 Å². The lowest BCUT2D eigenvalue weighted by atomic mass is 9.75. The molecule has 1 amide bonds. The Morgan fingerprint density at radius 2 is 1.58 bits per heavy atom. The molecule has 1 atom stereocenters. The molecular weight excluding hydrogens is 475 g/mol. The Balaban J connectivity index is 2.61. The van der Waals surface area contributed by atoms with E-state index in [0.717, 1.165) is 17.7 Å². The number of halogens is 4. The highest BCUT2D eigenvalue weighted by Gasteiger charge is 2.38. The minimum Gasteiger partial charge on any atom is -0.507 e. The first-order chi connectivity index (χ1) is 14.9. The number of amides is 1. The molecule has 2 N–H and O–H groups in total. The van der Waals surface area contributed by atoms with Crippen LogP contribution in [-0.2, 0) is 28.1 Å². The molecule has 0 heterocycles. The predicted molar refractivity (Wildman–Crippen MR) is 127 cm³/mol. The summed E-state index contributed by atoms with van der Waals surface area (Å²) in [7, 11) is -3.24. The second-order valence-corrected chi connectivity index (χ2v) is 11.7. The fourth-order valence-electron chi connectivity index (χ4n) is 3.60. The summed E-state index contributed by atoms with van der Waals surface area (Å²) in [6.07, 6.45) is 0.477. The van der Waals surface area contributed by atoms with Crippen molar-refractivity contribution in [3.8, 4) is 5.75 Å².